The molecule has 0 aliphatic carbocycles. The van der Waals surface area contributed by atoms with E-state index < -0.39 is 23.0 Å². The van der Waals surface area contributed by atoms with Crippen molar-refractivity contribution < 1.29 is 19.2 Å². The van der Waals surface area contributed by atoms with Crippen molar-refractivity contribution in [3.05, 3.63) is 69.8 Å². The van der Waals surface area contributed by atoms with Gasteiger partial charge in [-0.2, -0.15) is 0 Å². The van der Waals surface area contributed by atoms with Crippen LogP contribution in [0.5, 0.6) is 0 Å². The third kappa shape index (κ3) is 3.31. The third-order valence-corrected chi connectivity index (χ3v) is 5.65. The Morgan fingerprint density at radius 2 is 1.93 bits per heavy atom. The van der Waals surface area contributed by atoms with Crippen molar-refractivity contribution in [2.24, 2.45) is 5.92 Å². The van der Waals surface area contributed by atoms with Crippen LogP contribution in [-0.2, 0) is 9.53 Å². The van der Waals surface area contributed by atoms with E-state index in [-0.39, 0.29) is 30.2 Å². The standard InChI is InChI=1S/C21H22N4O5/c1-3-30-21(27)13-7-9-15(10-8-13)24-19(14-5-4-6-16(11-14)25(28)29)17-12(2)22-23-18(17)20(24)26/h4-12,17-19,22-23H,3H2,1-2H3. The number of nitro benzene ring substituents is 1. The van der Waals surface area contributed by atoms with Gasteiger partial charge in [0.05, 0.1) is 23.1 Å². The fourth-order valence-electron chi connectivity index (χ4n) is 4.30. The zero-order valence-corrected chi connectivity index (χ0v) is 16.6. The zero-order valence-electron chi connectivity index (χ0n) is 16.6. The Morgan fingerprint density at radius 3 is 2.60 bits per heavy atom. The molecule has 0 saturated carbocycles. The van der Waals surface area contributed by atoms with Gasteiger partial charge >= 0.3 is 5.97 Å². The van der Waals surface area contributed by atoms with Gasteiger partial charge in [-0.3, -0.25) is 20.3 Å². The molecule has 2 saturated heterocycles. The van der Waals surface area contributed by atoms with E-state index in [1.54, 1.807) is 48.2 Å². The normalized spacial score (nSPS) is 25.3. The summed E-state index contributed by atoms with van der Waals surface area (Å²) in [6.07, 6.45) is 0. The average molecular weight is 410 g/mol. The molecule has 0 spiro atoms. The number of carbonyl (C=O) groups is 2. The minimum absolute atomic E-state index is 0.0208. The molecule has 2 aromatic rings. The Balaban J connectivity index is 1.75. The number of nitro groups is 1. The largest absolute Gasteiger partial charge is 0.462 e. The third-order valence-electron chi connectivity index (χ3n) is 5.65. The minimum atomic E-state index is -0.450. The van der Waals surface area contributed by atoms with Crippen LogP contribution >= 0.6 is 0 Å². The molecule has 4 atom stereocenters. The van der Waals surface area contributed by atoms with Gasteiger partial charge in [-0.25, -0.2) is 10.2 Å². The van der Waals surface area contributed by atoms with Crippen LogP contribution in [0.2, 0.25) is 0 Å². The van der Waals surface area contributed by atoms with Crippen molar-refractivity contribution in [3.63, 3.8) is 0 Å². The summed E-state index contributed by atoms with van der Waals surface area (Å²) >= 11 is 0. The first-order valence-electron chi connectivity index (χ1n) is 9.78. The Hall–Kier alpha value is -3.30. The van der Waals surface area contributed by atoms with Gasteiger partial charge in [0.1, 0.15) is 6.04 Å². The van der Waals surface area contributed by atoms with E-state index in [0.717, 1.165) is 0 Å². The van der Waals surface area contributed by atoms with E-state index in [0.29, 0.717) is 16.8 Å². The maximum atomic E-state index is 13.3. The highest BCUT2D eigenvalue weighted by molar-refractivity contribution is 6.01. The van der Waals surface area contributed by atoms with Crippen LogP contribution in [0, 0.1) is 16.0 Å². The molecule has 2 heterocycles. The quantitative estimate of drug-likeness (QED) is 0.442. The number of hydrogen-bond acceptors (Lipinski definition) is 7. The van der Waals surface area contributed by atoms with Crippen LogP contribution in [0.4, 0.5) is 11.4 Å². The second kappa shape index (κ2) is 7.85. The molecular weight excluding hydrogens is 388 g/mol. The first-order valence-corrected chi connectivity index (χ1v) is 9.78. The summed E-state index contributed by atoms with van der Waals surface area (Å²) in [5.74, 6) is -0.676. The molecule has 9 nitrogen and oxygen atoms in total. The van der Waals surface area contributed by atoms with Gasteiger partial charge in [0.15, 0.2) is 0 Å². The van der Waals surface area contributed by atoms with E-state index in [1.165, 1.54) is 12.1 Å². The zero-order chi connectivity index (χ0) is 21.4. The summed E-state index contributed by atoms with van der Waals surface area (Å²) in [6.45, 7) is 3.99. The second-order valence-corrected chi connectivity index (χ2v) is 7.40. The number of nitrogens with one attached hydrogen (secondary N) is 2. The van der Waals surface area contributed by atoms with E-state index in [9.17, 15) is 19.7 Å². The molecule has 2 aliphatic rings. The number of benzene rings is 2. The van der Waals surface area contributed by atoms with Crippen molar-refractivity contribution in [3.8, 4) is 0 Å². The molecule has 0 aromatic heterocycles. The summed E-state index contributed by atoms with van der Waals surface area (Å²) in [5, 5.41) is 11.3. The molecule has 4 unspecified atom stereocenters. The SMILES string of the molecule is CCOC(=O)c1ccc(N2C(=O)C3NNC(C)C3C2c2cccc([N+](=O)[O-])c2)cc1. The van der Waals surface area contributed by atoms with Crippen molar-refractivity contribution in [1.29, 1.82) is 0 Å². The maximum absolute atomic E-state index is 13.3. The van der Waals surface area contributed by atoms with Gasteiger partial charge in [0.25, 0.3) is 5.69 Å². The minimum Gasteiger partial charge on any atom is -0.462 e. The second-order valence-electron chi connectivity index (χ2n) is 7.40. The van der Waals surface area contributed by atoms with E-state index in [2.05, 4.69) is 10.9 Å². The maximum Gasteiger partial charge on any atom is 0.338 e. The topological polar surface area (TPSA) is 114 Å². The average Bonchev–Trinajstić information content (AvgIpc) is 3.26. The van der Waals surface area contributed by atoms with Gasteiger partial charge in [0.2, 0.25) is 5.91 Å². The molecule has 2 aromatic carbocycles. The summed E-state index contributed by atoms with van der Waals surface area (Å²) < 4.78 is 5.01. The summed E-state index contributed by atoms with van der Waals surface area (Å²) in [7, 11) is 0. The van der Waals surface area contributed by atoms with E-state index >= 15 is 0 Å². The number of non-ortho nitro benzene ring substituents is 1. The van der Waals surface area contributed by atoms with Crippen molar-refractivity contribution in [2.75, 3.05) is 11.5 Å². The summed E-state index contributed by atoms with van der Waals surface area (Å²) in [4.78, 5) is 37.7. The number of rotatable bonds is 5. The van der Waals surface area contributed by atoms with Crippen LogP contribution in [0.15, 0.2) is 48.5 Å². The van der Waals surface area contributed by atoms with Gasteiger partial charge in [-0.15, -0.1) is 0 Å². The number of hydrazine groups is 1. The molecule has 9 heteroatoms. The molecule has 0 radical (unpaired) electrons. The highest BCUT2D eigenvalue weighted by Gasteiger charge is 2.54. The molecule has 2 fully saturated rings. The monoisotopic (exact) mass is 410 g/mol. The lowest BCUT2D eigenvalue weighted by Gasteiger charge is -2.30. The Labute approximate surface area is 173 Å². The van der Waals surface area contributed by atoms with Gasteiger partial charge in [-0.1, -0.05) is 12.1 Å². The van der Waals surface area contributed by atoms with E-state index in [1.807, 2.05) is 6.92 Å². The lowest BCUT2D eigenvalue weighted by molar-refractivity contribution is -0.384. The number of amides is 1. The molecule has 4 rings (SSSR count). The van der Waals surface area contributed by atoms with Crippen LogP contribution in [0.1, 0.15) is 35.8 Å². The van der Waals surface area contributed by atoms with Crippen molar-refractivity contribution in [2.45, 2.75) is 32.0 Å². The number of fused-ring (bicyclic) bond motifs is 1. The van der Waals surface area contributed by atoms with Crippen LogP contribution in [0.25, 0.3) is 0 Å². The first kappa shape index (κ1) is 20.0. The summed E-state index contributed by atoms with van der Waals surface area (Å²) in [6, 6.07) is 12.2. The van der Waals surface area contributed by atoms with Gasteiger partial charge in [0, 0.05) is 29.8 Å². The fraction of sp³-hybridized carbons (Fsp3) is 0.333. The molecule has 2 N–H and O–H groups in total. The predicted octanol–water partition coefficient (Wildman–Crippen LogP) is 2.34. The Morgan fingerprint density at radius 1 is 1.20 bits per heavy atom. The lowest BCUT2D eigenvalue weighted by atomic mass is 9.87. The molecule has 156 valence electrons. The number of nitrogens with zero attached hydrogens (tertiary/aromatic N) is 2. The Kier molecular flexibility index (Phi) is 5.23. The molecule has 2 aliphatic heterocycles. The van der Waals surface area contributed by atoms with Crippen LogP contribution < -0.4 is 15.8 Å². The predicted molar refractivity (Wildman–Crippen MR) is 109 cm³/mol. The van der Waals surface area contributed by atoms with Gasteiger partial charge < -0.3 is 9.64 Å². The molecule has 1 amide bonds. The Bertz CT molecular complexity index is 993. The van der Waals surface area contributed by atoms with E-state index in [4.69, 9.17) is 4.74 Å². The van der Waals surface area contributed by atoms with Crippen molar-refractivity contribution >= 4 is 23.3 Å². The number of hydrogen-bond donors (Lipinski definition) is 2. The molecule has 30 heavy (non-hydrogen) atoms. The number of carbonyl (C=O) groups excluding carboxylic acids is 2. The molecular formula is C21H22N4O5. The lowest BCUT2D eigenvalue weighted by Crippen LogP contribution is -2.42. The summed E-state index contributed by atoms with van der Waals surface area (Å²) in [5.41, 5.74) is 7.84. The van der Waals surface area contributed by atoms with Crippen LogP contribution in [0.3, 0.4) is 0 Å². The molecule has 0 bridgehead atoms. The smallest absolute Gasteiger partial charge is 0.338 e. The number of esters is 1. The van der Waals surface area contributed by atoms with Crippen LogP contribution in [-0.4, -0.2) is 35.5 Å². The highest BCUT2D eigenvalue weighted by Crippen LogP contribution is 2.45. The van der Waals surface area contributed by atoms with Gasteiger partial charge in [-0.05, 0) is 43.7 Å². The highest BCUT2D eigenvalue weighted by atomic mass is 16.6. The fourth-order valence-corrected chi connectivity index (χ4v) is 4.30. The first-order chi connectivity index (χ1) is 14.4. The number of anilines is 1. The number of ether oxygens (including phenoxy) is 1. The van der Waals surface area contributed by atoms with Crippen molar-refractivity contribution in [1.82, 2.24) is 10.9 Å².